The summed E-state index contributed by atoms with van der Waals surface area (Å²) in [5.74, 6) is 0.904. The predicted octanol–water partition coefficient (Wildman–Crippen LogP) is 4.07. The second-order valence-electron chi connectivity index (χ2n) is 5.65. The molecule has 3 heteroatoms. The molecule has 0 bridgehead atoms. The smallest absolute Gasteiger partial charge is 0.0650 e. The molecule has 1 aromatic heterocycles. The molecular formula is C16H21N3. The van der Waals surface area contributed by atoms with Crippen molar-refractivity contribution in [1.82, 2.24) is 10.2 Å². The van der Waals surface area contributed by atoms with Crippen LogP contribution in [0.3, 0.4) is 0 Å². The maximum atomic E-state index is 3.98. The third-order valence-electron chi connectivity index (χ3n) is 4.08. The molecular weight excluding hydrogens is 234 g/mol. The van der Waals surface area contributed by atoms with Crippen molar-refractivity contribution in [2.24, 2.45) is 5.92 Å². The predicted molar refractivity (Wildman–Crippen MR) is 79.1 cm³/mol. The van der Waals surface area contributed by atoms with Crippen LogP contribution in [0.25, 0.3) is 11.3 Å². The van der Waals surface area contributed by atoms with Crippen molar-refractivity contribution in [3.8, 4) is 11.3 Å². The van der Waals surface area contributed by atoms with Crippen LogP contribution in [-0.2, 0) is 0 Å². The van der Waals surface area contributed by atoms with Gasteiger partial charge >= 0.3 is 0 Å². The number of H-pyrrole nitrogens is 1. The first kappa shape index (κ1) is 12.3. The van der Waals surface area contributed by atoms with Crippen molar-refractivity contribution in [2.45, 2.75) is 38.6 Å². The summed E-state index contributed by atoms with van der Waals surface area (Å²) in [4.78, 5) is 0. The standard InChI is InChI=1S/C16H21N3/c1-12-2-6-14(7-3-12)18-15-8-4-13(5-9-15)16-10-11-17-19-16/h4-5,8-12,14,18H,2-3,6-7H2,1H3,(H,17,19). The normalized spacial score (nSPS) is 23.2. The van der Waals surface area contributed by atoms with E-state index in [2.05, 4.69) is 46.7 Å². The number of hydrogen-bond acceptors (Lipinski definition) is 2. The first-order chi connectivity index (χ1) is 9.31. The fraction of sp³-hybridized carbons (Fsp3) is 0.438. The average molecular weight is 255 g/mol. The van der Waals surface area contributed by atoms with Crippen molar-refractivity contribution in [3.05, 3.63) is 36.5 Å². The Hall–Kier alpha value is -1.77. The average Bonchev–Trinajstić information content (AvgIpc) is 2.96. The fourth-order valence-corrected chi connectivity index (χ4v) is 2.80. The molecule has 1 aliphatic carbocycles. The zero-order valence-corrected chi connectivity index (χ0v) is 11.4. The van der Waals surface area contributed by atoms with Gasteiger partial charge in [0, 0.05) is 17.9 Å². The second kappa shape index (κ2) is 5.47. The summed E-state index contributed by atoms with van der Waals surface area (Å²) >= 11 is 0. The minimum atomic E-state index is 0.647. The van der Waals surface area contributed by atoms with E-state index in [9.17, 15) is 0 Å². The lowest BCUT2D eigenvalue weighted by molar-refractivity contribution is 0.361. The number of nitrogens with zero attached hydrogens (tertiary/aromatic N) is 1. The molecule has 1 aromatic carbocycles. The molecule has 0 unspecified atom stereocenters. The highest BCUT2D eigenvalue weighted by molar-refractivity contribution is 5.62. The molecule has 0 radical (unpaired) electrons. The van der Waals surface area contributed by atoms with Gasteiger partial charge in [0.25, 0.3) is 0 Å². The van der Waals surface area contributed by atoms with Crippen LogP contribution < -0.4 is 5.32 Å². The van der Waals surface area contributed by atoms with Gasteiger partial charge in [-0.05, 0) is 55.4 Å². The highest BCUT2D eigenvalue weighted by Crippen LogP contribution is 2.26. The summed E-state index contributed by atoms with van der Waals surface area (Å²) in [6.45, 7) is 2.36. The first-order valence-corrected chi connectivity index (χ1v) is 7.17. The number of aromatic amines is 1. The third kappa shape index (κ3) is 2.98. The van der Waals surface area contributed by atoms with E-state index in [0.717, 1.165) is 11.6 Å². The third-order valence-corrected chi connectivity index (χ3v) is 4.08. The molecule has 100 valence electrons. The summed E-state index contributed by atoms with van der Waals surface area (Å²) in [5.41, 5.74) is 3.47. The van der Waals surface area contributed by atoms with Crippen molar-refractivity contribution in [2.75, 3.05) is 5.32 Å². The highest BCUT2D eigenvalue weighted by Gasteiger charge is 2.17. The fourth-order valence-electron chi connectivity index (χ4n) is 2.80. The minimum Gasteiger partial charge on any atom is -0.382 e. The van der Waals surface area contributed by atoms with Gasteiger partial charge in [-0.1, -0.05) is 19.1 Å². The van der Waals surface area contributed by atoms with Crippen molar-refractivity contribution >= 4 is 5.69 Å². The van der Waals surface area contributed by atoms with Gasteiger partial charge in [0.1, 0.15) is 0 Å². The Morgan fingerprint density at radius 3 is 2.42 bits per heavy atom. The molecule has 3 rings (SSSR count). The summed E-state index contributed by atoms with van der Waals surface area (Å²) < 4.78 is 0. The van der Waals surface area contributed by atoms with Crippen LogP contribution in [0.1, 0.15) is 32.6 Å². The van der Waals surface area contributed by atoms with Crippen LogP contribution in [0.5, 0.6) is 0 Å². The second-order valence-corrected chi connectivity index (χ2v) is 5.65. The number of rotatable bonds is 3. The lowest BCUT2D eigenvalue weighted by Gasteiger charge is -2.27. The Labute approximate surface area is 114 Å². The molecule has 0 aliphatic heterocycles. The SMILES string of the molecule is CC1CCC(Nc2ccc(-c3ccn[nH]3)cc2)CC1. The molecule has 1 saturated carbocycles. The Morgan fingerprint density at radius 2 is 1.79 bits per heavy atom. The van der Waals surface area contributed by atoms with Gasteiger partial charge < -0.3 is 5.32 Å². The topological polar surface area (TPSA) is 40.7 Å². The molecule has 0 amide bonds. The van der Waals surface area contributed by atoms with Gasteiger partial charge in [-0.25, -0.2) is 0 Å². The van der Waals surface area contributed by atoms with Gasteiger partial charge in [-0.3, -0.25) is 5.10 Å². The zero-order valence-electron chi connectivity index (χ0n) is 11.4. The van der Waals surface area contributed by atoms with E-state index in [1.54, 1.807) is 6.20 Å². The van der Waals surface area contributed by atoms with Crippen LogP contribution >= 0.6 is 0 Å². The van der Waals surface area contributed by atoms with Crippen molar-refractivity contribution in [1.29, 1.82) is 0 Å². The molecule has 2 aromatic rings. The van der Waals surface area contributed by atoms with Gasteiger partial charge in [0.05, 0.1) is 5.69 Å². The van der Waals surface area contributed by atoms with Gasteiger partial charge in [-0.2, -0.15) is 5.10 Å². The van der Waals surface area contributed by atoms with E-state index in [4.69, 9.17) is 0 Å². The van der Waals surface area contributed by atoms with E-state index in [1.807, 2.05) is 6.07 Å². The van der Waals surface area contributed by atoms with Crippen molar-refractivity contribution < 1.29 is 0 Å². The zero-order chi connectivity index (χ0) is 13.1. The quantitative estimate of drug-likeness (QED) is 0.868. The van der Waals surface area contributed by atoms with Crippen LogP contribution in [0.4, 0.5) is 5.69 Å². The molecule has 1 fully saturated rings. The molecule has 3 nitrogen and oxygen atoms in total. The van der Waals surface area contributed by atoms with E-state index in [1.165, 1.54) is 36.9 Å². The van der Waals surface area contributed by atoms with Gasteiger partial charge in [-0.15, -0.1) is 0 Å². The van der Waals surface area contributed by atoms with E-state index >= 15 is 0 Å². The molecule has 1 heterocycles. The lowest BCUT2D eigenvalue weighted by atomic mass is 9.87. The highest BCUT2D eigenvalue weighted by atomic mass is 15.1. The molecule has 2 N–H and O–H groups in total. The van der Waals surface area contributed by atoms with Crippen molar-refractivity contribution in [3.63, 3.8) is 0 Å². The Balaban J connectivity index is 1.63. The van der Waals surface area contributed by atoms with Gasteiger partial charge in [0.15, 0.2) is 0 Å². The Kier molecular flexibility index (Phi) is 3.53. The largest absolute Gasteiger partial charge is 0.382 e. The summed E-state index contributed by atoms with van der Waals surface area (Å²) in [6.07, 6.45) is 7.07. The lowest BCUT2D eigenvalue weighted by Crippen LogP contribution is -2.25. The molecule has 1 aliphatic rings. The summed E-state index contributed by atoms with van der Waals surface area (Å²) in [5, 5.41) is 10.6. The first-order valence-electron chi connectivity index (χ1n) is 7.17. The molecule has 0 saturated heterocycles. The summed E-state index contributed by atoms with van der Waals surface area (Å²) in [7, 11) is 0. The van der Waals surface area contributed by atoms with Crippen LogP contribution in [0, 0.1) is 5.92 Å². The van der Waals surface area contributed by atoms with Crippen LogP contribution in [0.2, 0.25) is 0 Å². The van der Waals surface area contributed by atoms with E-state index in [-0.39, 0.29) is 0 Å². The van der Waals surface area contributed by atoms with E-state index in [0.29, 0.717) is 6.04 Å². The van der Waals surface area contributed by atoms with Crippen LogP contribution in [-0.4, -0.2) is 16.2 Å². The van der Waals surface area contributed by atoms with Crippen LogP contribution in [0.15, 0.2) is 36.5 Å². The number of anilines is 1. The minimum absolute atomic E-state index is 0.647. The number of hydrogen-bond donors (Lipinski definition) is 2. The summed E-state index contributed by atoms with van der Waals surface area (Å²) in [6, 6.07) is 11.2. The molecule has 19 heavy (non-hydrogen) atoms. The Bertz CT molecular complexity index is 493. The van der Waals surface area contributed by atoms with E-state index < -0.39 is 0 Å². The van der Waals surface area contributed by atoms with Gasteiger partial charge in [0.2, 0.25) is 0 Å². The maximum Gasteiger partial charge on any atom is 0.0650 e. The maximum absolute atomic E-state index is 3.98. The number of nitrogens with one attached hydrogen (secondary N) is 2. The molecule has 0 spiro atoms. The Morgan fingerprint density at radius 1 is 1.05 bits per heavy atom. The number of aromatic nitrogens is 2. The monoisotopic (exact) mass is 255 g/mol. The number of benzene rings is 1. The molecule has 0 atom stereocenters.